The van der Waals surface area contributed by atoms with Crippen LogP contribution in [0.5, 0.6) is 0 Å². The molecule has 5 heteroatoms. The minimum absolute atomic E-state index is 0.243. The summed E-state index contributed by atoms with van der Waals surface area (Å²) in [5.74, 6) is 0.318. The summed E-state index contributed by atoms with van der Waals surface area (Å²) in [7, 11) is -2.88. The number of hydrogen-bond acceptors (Lipinski definition) is 4. The molecular weight excluding hydrogens is 248 g/mol. The van der Waals surface area contributed by atoms with Gasteiger partial charge in [-0.3, -0.25) is 0 Å². The molecule has 0 saturated carbocycles. The summed E-state index contributed by atoms with van der Waals surface area (Å²) in [6, 6.07) is 0. The van der Waals surface area contributed by atoms with Gasteiger partial charge in [-0.2, -0.15) is 0 Å². The predicted molar refractivity (Wildman–Crippen MR) is 74.5 cm³/mol. The predicted octanol–water partition coefficient (Wildman–Crippen LogP) is 0.885. The monoisotopic (exact) mass is 274 g/mol. The van der Waals surface area contributed by atoms with E-state index < -0.39 is 9.84 Å². The molecule has 0 unspecified atom stereocenters. The fraction of sp³-hybridized carbons (Fsp3) is 1.00. The first kappa shape index (κ1) is 14.3. The molecule has 4 nitrogen and oxygen atoms in total. The maximum absolute atomic E-state index is 11.8. The number of nitrogens with one attached hydrogen (secondary N) is 1. The summed E-state index contributed by atoms with van der Waals surface area (Å²) < 4.78 is 23.6. The van der Waals surface area contributed by atoms with Gasteiger partial charge in [0.25, 0.3) is 0 Å². The second kappa shape index (κ2) is 5.47. The van der Waals surface area contributed by atoms with Crippen LogP contribution in [0.1, 0.15) is 33.1 Å². The van der Waals surface area contributed by atoms with Crippen LogP contribution in [0.3, 0.4) is 0 Å². The van der Waals surface area contributed by atoms with E-state index in [1.807, 2.05) is 0 Å². The molecule has 18 heavy (non-hydrogen) atoms. The number of likely N-dealkylation sites (tertiary alicyclic amines) is 1. The van der Waals surface area contributed by atoms with E-state index in [0.717, 1.165) is 32.7 Å². The van der Waals surface area contributed by atoms with Crippen molar-refractivity contribution in [1.82, 2.24) is 10.2 Å². The van der Waals surface area contributed by atoms with Crippen LogP contribution in [0.15, 0.2) is 0 Å². The molecule has 0 aliphatic carbocycles. The van der Waals surface area contributed by atoms with E-state index >= 15 is 0 Å². The van der Waals surface area contributed by atoms with Gasteiger partial charge in [0.2, 0.25) is 0 Å². The summed E-state index contributed by atoms with van der Waals surface area (Å²) in [5, 5.41) is 3.16. The third-order valence-corrected chi connectivity index (χ3v) is 6.78. The molecule has 2 fully saturated rings. The highest BCUT2D eigenvalue weighted by Gasteiger charge is 2.38. The van der Waals surface area contributed by atoms with Crippen molar-refractivity contribution in [3.8, 4) is 0 Å². The standard InChI is InChI=1S/C13H26N2O2S/c1-12(2)18(16,17)10-9-15-8-5-13(11-15)3-6-14-7-4-13/h12,14H,3-11H2,1-2H3. The Morgan fingerprint density at radius 1 is 1.22 bits per heavy atom. The fourth-order valence-corrected chi connectivity index (χ4v) is 4.06. The van der Waals surface area contributed by atoms with Gasteiger partial charge in [-0.05, 0) is 58.2 Å². The molecule has 0 amide bonds. The quantitative estimate of drug-likeness (QED) is 0.827. The zero-order valence-electron chi connectivity index (χ0n) is 11.6. The Morgan fingerprint density at radius 3 is 2.50 bits per heavy atom. The van der Waals surface area contributed by atoms with Crippen molar-refractivity contribution in [2.24, 2.45) is 5.41 Å². The van der Waals surface area contributed by atoms with Gasteiger partial charge in [0, 0.05) is 13.1 Å². The highest BCUT2D eigenvalue weighted by molar-refractivity contribution is 7.92. The van der Waals surface area contributed by atoms with Gasteiger partial charge in [0.05, 0.1) is 11.0 Å². The van der Waals surface area contributed by atoms with Crippen LogP contribution >= 0.6 is 0 Å². The molecule has 0 aromatic heterocycles. The Labute approximate surface area is 111 Å². The largest absolute Gasteiger partial charge is 0.317 e. The second-order valence-electron chi connectivity index (χ2n) is 6.19. The molecule has 2 saturated heterocycles. The van der Waals surface area contributed by atoms with Gasteiger partial charge in [-0.1, -0.05) is 0 Å². The maximum Gasteiger partial charge on any atom is 0.153 e. The molecule has 2 aliphatic heterocycles. The van der Waals surface area contributed by atoms with E-state index in [4.69, 9.17) is 0 Å². The average molecular weight is 274 g/mol. The minimum atomic E-state index is -2.88. The van der Waals surface area contributed by atoms with Crippen molar-refractivity contribution in [2.45, 2.75) is 38.4 Å². The van der Waals surface area contributed by atoms with Gasteiger partial charge < -0.3 is 10.2 Å². The Bertz CT molecular complexity index is 372. The lowest BCUT2D eigenvalue weighted by Gasteiger charge is -2.33. The van der Waals surface area contributed by atoms with Crippen molar-refractivity contribution in [3.63, 3.8) is 0 Å². The minimum Gasteiger partial charge on any atom is -0.317 e. The van der Waals surface area contributed by atoms with Gasteiger partial charge in [-0.15, -0.1) is 0 Å². The smallest absolute Gasteiger partial charge is 0.153 e. The Balaban J connectivity index is 1.83. The molecule has 0 aromatic carbocycles. The third kappa shape index (κ3) is 3.25. The van der Waals surface area contributed by atoms with Crippen LogP contribution in [-0.4, -0.2) is 57.0 Å². The van der Waals surface area contributed by atoms with Crippen molar-refractivity contribution in [2.75, 3.05) is 38.5 Å². The number of rotatable bonds is 4. The molecule has 0 aromatic rings. The van der Waals surface area contributed by atoms with E-state index in [-0.39, 0.29) is 5.25 Å². The zero-order valence-corrected chi connectivity index (χ0v) is 12.4. The molecule has 2 heterocycles. The van der Waals surface area contributed by atoms with Crippen LogP contribution in [0.2, 0.25) is 0 Å². The van der Waals surface area contributed by atoms with Gasteiger partial charge in [0.15, 0.2) is 9.84 Å². The molecule has 0 atom stereocenters. The zero-order chi connectivity index (χ0) is 13.2. The molecule has 2 aliphatic rings. The number of piperidine rings is 1. The van der Waals surface area contributed by atoms with Crippen molar-refractivity contribution in [3.05, 3.63) is 0 Å². The topological polar surface area (TPSA) is 49.4 Å². The fourth-order valence-electron chi connectivity index (χ4n) is 3.08. The van der Waals surface area contributed by atoms with E-state index in [2.05, 4.69) is 10.2 Å². The number of sulfone groups is 1. The lowest BCUT2D eigenvalue weighted by molar-refractivity contribution is 0.199. The molecule has 1 N–H and O–H groups in total. The lowest BCUT2D eigenvalue weighted by Crippen LogP contribution is -2.39. The molecular formula is C13H26N2O2S. The lowest BCUT2D eigenvalue weighted by atomic mass is 9.78. The molecule has 0 radical (unpaired) electrons. The first-order chi connectivity index (χ1) is 8.44. The Kier molecular flexibility index (Phi) is 4.34. The molecule has 2 rings (SSSR count). The summed E-state index contributed by atoms with van der Waals surface area (Å²) in [6.07, 6.45) is 3.75. The van der Waals surface area contributed by atoms with E-state index in [0.29, 0.717) is 11.2 Å². The molecule has 1 spiro atoms. The first-order valence-corrected chi connectivity index (χ1v) is 8.80. The van der Waals surface area contributed by atoms with Crippen molar-refractivity contribution in [1.29, 1.82) is 0 Å². The Morgan fingerprint density at radius 2 is 1.89 bits per heavy atom. The number of nitrogens with zero attached hydrogens (tertiary/aromatic N) is 1. The van der Waals surface area contributed by atoms with Crippen LogP contribution in [-0.2, 0) is 9.84 Å². The van der Waals surface area contributed by atoms with Gasteiger partial charge in [-0.25, -0.2) is 8.42 Å². The summed E-state index contributed by atoms with van der Waals surface area (Å²) in [4.78, 5) is 2.35. The average Bonchev–Trinajstić information content (AvgIpc) is 2.71. The van der Waals surface area contributed by atoms with Crippen LogP contribution in [0.4, 0.5) is 0 Å². The first-order valence-electron chi connectivity index (χ1n) is 7.08. The van der Waals surface area contributed by atoms with E-state index in [1.54, 1.807) is 13.8 Å². The summed E-state index contributed by atoms with van der Waals surface area (Å²) in [5.41, 5.74) is 0.479. The van der Waals surface area contributed by atoms with Gasteiger partial charge in [0.1, 0.15) is 0 Å². The SMILES string of the molecule is CC(C)S(=O)(=O)CCN1CCC2(CCNCC2)C1. The maximum atomic E-state index is 11.8. The van der Waals surface area contributed by atoms with Crippen molar-refractivity contribution < 1.29 is 8.42 Å². The summed E-state index contributed by atoms with van der Waals surface area (Å²) >= 11 is 0. The Hall–Kier alpha value is -0.130. The van der Waals surface area contributed by atoms with E-state index in [1.165, 1.54) is 19.3 Å². The van der Waals surface area contributed by atoms with Crippen molar-refractivity contribution >= 4 is 9.84 Å². The molecule has 0 bridgehead atoms. The van der Waals surface area contributed by atoms with Crippen LogP contribution in [0, 0.1) is 5.41 Å². The van der Waals surface area contributed by atoms with E-state index in [9.17, 15) is 8.42 Å². The summed E-state index contributed by atoms with van der Waals surface area (Å²) in [6.45, 7) is 8.68. The third-order valence-electron chi connectivity index (χ3n) is 4.59. The highest BCUT2D eigenvalue weighted by atomic mass is 32.2. The van der Waals surface area contributed by atoms with Crippen LogP contribution in [0.25, 0.3) is 0 Å². The number of hydrogen-bond donors (Lipinski definition) is 1. The highest BCUT2D eigenvalue weighted by Crippen LogP contribution is 2.38. The normalized spacial score (nSPS) is 25.1. The van der Waals surface area contributed by atoms with Crippen LogP contribution < -0.4 is 5.32 Å². The molecule has 106 valence electrons. The second-order valence-corrected chi connectivity index (χ2v) is 8.87. The van der Waals surface area contributed by atoms with Gasteiger partial charge >= 0.3 is 0 Å².